The first-order valence-electron chi connectivity index (χ1n) is 10.5. The number of anilines is 1. The summed E-state index contributed by atoms with van der Waals surface area (Å²) in [7, 11) is 0. The summed E-state index contributed by atoms with van der Waals surface area (Å²) in [6.07, 6.45) is 6.89. The first-order chi connectivity index (χ1) is 15.0. The van der Waals surface area contributed by atoms with Crippen LogP contribution in [-0.2, 0) is 11.0 Å². The molecule has 1 rings (SSSR count). The fourth-order valence-electron chi connectivity index (χ4n) is 2.73. The Morgan fingerprint density at radius 1 is 1.09 bits per heavy atom. The number of hydrogen-bond donors (Lipinski definition) is 2. The summed E-state index contributed by atoms with van der Waals surface area (Å²) in [5.74, 6) is -0.0373. The molecule has 1 heterocycles. The van der Waals surface area contributed by atoms with E-state index in [2.05, 4.69) is 56.2 Å². The van der Waals surface area contributed by atoms with Crippen LogP contribution in [-0.4, -0.2) is 33.6 Å². The van der Waals surface area contributed by atoms with Gasteiger partial charge in [-0.2, -0.15) is 24.9 Å². The Balaban J connectivity index is 2.42. The van der Waals surface area contributed by atoms with Crippen molar-refractivity contribution < 1.29 is 23.1 Å². The molecule has 2 N–H and O–H groups in total. The second-order valence-electron chi connectivity index (χ2n) is 7.96. The maximum atomic E-state index is 12.6. The molecule has 178 valence electrons. The zero-order valence-corrected chi connectivity index (χ0v) is 19.9. The summed E-state index contributed by atoms with van der Waals surface area (Å²) in [5, 5.41) is 12.1. The monoisotopic (exact) mass is 470 g/mol. The molecule has 0 bridgehead atoms. The van der Waals surface area contributed by atoms with Crippen molar-refractivity contribution in [3.05, 3.63) is 58.8 Å². The molecule has 0 spiro atoms. The van der Waals surface area contributed by atoms with Crippen molar-refractivity contribution in [1.82, 2.24) is 4.98 Å². The lowest BCUT2D eigenvalue weighted by molar-refractivity contribution is -0.138. The minimum Gasteiger partial charge on any atom is -0.480 e. The Morgan fingerprint density at radius 3 is 2.25 bits per heavy atom. The number of carboxylic acid groups (broad SMARTS) is 1. The molecular weight excluding hydrogens is 437 g/mol. The van der Waals surface area contributed by atoms with E-state index >= 15 is 0 Å². The third kappa shape index (κ3) is 12.0. The fraction of sp³-hybridized carbons (Fsp3) is 0.500. The standard InChI is InChI=1S/C24H33F3N2O2S/c1-17(2)7-5-8-18(3)9-6-10-19(4)13-14-32-16-21(23(30)31)29-22-12-11-20(15-28-22)24(25,26)27/h7,9,11-13,15,21H,5-6,8,10,14,16H2,1-4H3,(H,28,29)(H,30,31)/b18-9+,19-13+. The zero-order chi connectivity index (χ0) is 24.1. The number of allylic oxidation sites excluding steroid dienone is 5. The molecule has 1 unspecified atom stereocenters. The van der Waals surface area contributed by atoms with E-state index in [0.29, 0.717) is 11.9 Å². The van der Waals surface area contributed by atoms with Crippen LogP contribution in [0.5, 0.6) is 0 Å². The van der Waals surface area contributed by atoms with Gasteiger partial charge < -0.3 is 10.4 Å². The smallest absolute Gasteiger partial charge is 0.417 e. The van der Waals surface area contributed by atoms with Crippen molar-refractivity contribution in [3.63, 3.8) is 0 Å². The molecule has 8 heteroatoms. The lowest BCUT2D eigenvalue weighted by atomic mass is 10.1. The molecule has 0 aliphatic rings. The van der Waals surface area contributed by atoms with Crippen LogP contribution in [0, 0.1) is 0 Å². The molecule has 0 saturated heterocycles. The number of carboxylic acids is 1. The SMILES string of the molecule is CC(C)=CCC/C(C)=C/CC/C(C)=C/CSCC(Nc1ccc(C(F)(F)F)cn1)C(=O)O. The van der Waals surface area contributed by atoms with Gasteiger partial charge in [0.25, 0.3) is 0 Å². The first-order valence-corrected chi connectivity index (χ1v) is 11.7. The molecule has 1 aromatic rings. The first kappa shape index (κ1) is 27.8. The van der Waals surface area contributed by atoms with E-state index in [1.807, 2.05) is 0 Å². The van der Waals surface area contributed by atoms with E-state index in [1.165, 1.54) is 28.5 Å². The Kier molecular flexibility index (Phi) is 12.2. The molecular formula is C24H33F3N2O2S. The minimum atomic E-state index is -4.47. The van der Waals surface area contributed by atoms with Crippen molar-refractivity contribution in [2.45, 2.75) is 65.6 Å². The summed E-state index contributed by atoms with van der Waals surface area (Å²) in [6.45, 7) is 8.42. The number of carbonyl (C=O) groups is 1. The molecule has 1 aromatic heterocycles. The van der Waals surface area contributed by atoms with Crippen molar-refractivity contribution in [2.75, 3.05) is 16.8 Å². The average molecular weight is 471 g/mol. The minimum absolute atomic E-state index is 0.101. The van der Waals surface area contributed by atoms with Crippen LogP contribution in [0.4, 0.5) is 19.0 Å². The van der Waals surface area contributed by atoms with E-state index in [4.69, 9.17) is 0 Å². The van der Waals surface area contributed by atoms with Crippen LogP contribution < -0.4 is 5.32 Å². The van der Waals surface area contributed by atoms with E-state index < -0.39 is 23.8 Å². The van der Waals surface area contributed by atoms with Crippen molar-refractivity contribution in [1.29, 1.82) is 0 Å². The van der Waals surface area contributed by atoms with Gasteiger partial charge in [-0.15, -0.1) is 0 Å². The molecule has 0 amide bonds. The second-order valence-corrected chi connectivity index (χ2v) is 9.04. The average Bonchev–Trinajstić information content (AvgIpc) is 2.69. The Bertz CT molecular complexity index is 812. The second kappa shape index (κ2) is 14.0. The number of aliphatic carboxylic acids is 1. The molecule has 4 nitrogen and oxygen atoms in total. The van der Waals surface area contributed by atoms with E-state index in [0.717, 1.165) is 37.8 Å². The number of rotatable bonds is 13. The Labute approximate surface area is 193 Å². The topological polar surface area (TPSA) is 62.2 Å². The summed E-state index contributed by atoms with van der Waals surface area (Å²) in [5.41, 5.74) is 3.10. The molecule has 32 heavy (non-hydrogen) atoms. The number of hydrogen-bond acceptors (Lipinski definition) is 4. The largest absolute Gasteiger partial charge is 0.480 e. The van der Waals surface area contributed by atoms with Crippen LogP contribution in [0.25, 0.3) is 0 Å². The van der Waals surface area contributed by atoms with Gasteiger partial charge >= 0.3 is 12.1 Å². The van der Waals surface area contributed by atoms with E-state index in [9.17, 15) is 23.1 Å². The highest BCUT2D eigenvalue weighted by Gasteiger charge is 2.30. The van der Waals surface area contributed by atoms with Crippen molar-refractivity contribution in [3.8, 4) is 0 Å². The van der Waals surface area contributed by atoms with Gasteiger partial charge in [0.2, 0.25) is 0 Å². The van der Waals surface area contributed by atoms with Gasteiger partial charge in [0, 0.05) is 17.7 Å². The lowest BCUT2D eigenvalue weighted by Gasteiger charge is -2.15. The van der Waals surface area contributed by atoms with E-state index in [1.54, 1.807) is 0 Å². The number of aromatic nitrogens is 1. The van der Waals surface area contributed by atoms with E-state index in [-0.39, 0.29) is 11.6 Å². The quantitative estimate of drug-likeness (QED) is 0.237. The molecule has 0 aromatic carbocycles. The van der Waals surface area contributed by atoms with Gasteiger partial charge in [0.15, 0.2) is 0 Å². The maximum absolute atomic E-state index is 12.6. The molecule has 0 radical (unpaired) electrons. The van der Waals surface area contributed by atoms with Gasteiger partial charge in [0.05, 0.1) is 5.56 Å². The number of nitrogens with zero attached hydrogens (tertiary/aromatic N) is 1. The van der Waals surface area contributed by atoms with Crippen LogP contribution >= 0.6 is 11.8 Å². The third-order valence-electron chi connectivity index (χ3n) is 4.67. The summed E-state index contributed by atoms with van der Waals surface area (Å²) < 4.78 is 37.8. The third-order valence-corrected chi connectivity index (χ3v) is 5.64. The number of halogens is 3. The predicted molar refractivity (Wildman–Crippen MR) is 127 cm³/mol. The number of alkyl halides is 3. The summed E-state index contributed by atoms with van der Waals surface area (Å²) in [6, 6.07) is 1.08. The maximum Gasteiger partial charge on any atom is 0.417 e. The number of pyridine rings is 1. The Morgan fingerprint density at radius 2 is 1.72 bits per heavy atom. The molecule has 0 fully saturated rings. The van der Waals surface area contributed by atoms with Gasteiger partial charge in [-0.25, -0.2) is 9.78 Å². The highest BCUT2D eigenvalue weighted by Crippen LogP contribution is 2.29. The molecule has 0 aliphatic heterocycles. The van der Waals surface area contributed by atoms with Crippen LogP contribution in [0.15, 0.2) is 53.3 Å². The van der Waals surface area contributed by atoms with Gasteiger partial charge in [-0.05, 0) is 65.5 Å². The van der Waals surface area contributed by atoms with Crippen LogP contribution in [0.2, 0.25) is 0 Å². The lowest BCUT2D eigenvalue weighted by Crippen LogP contribution is -2.32. The molecule has 0 aliphatic carbocycles. The highest BCUT2D eigenvalue weighted by molar-refractivity contribution is 7.99. The van der Waals surface area contributed by atoms with Crippen molar-refractivity contribution >= 4 is 23.5 Å². The predicted octanol–water partition coefficient (Wildman–Crippen LogP) is 7.12. The van der Waals surface area contributed by atoms with Crippen molar-refractivity contribution in [2.24, 2.45) is 0 Å². The van der Waals surface area contributed by atoms with Crippen LogP contribution in [0.3, 0.4) is 0 Å². The number of nitrogens with one attached hydrogen (secondary N) is 1. The summed E-state index contributed by atoms with van der Waals surface area (Å²) >= 11 is 1.45. The highest BCUT2D eigenvalue weighted by atomic mass is 32.2. The zero-order valence-electron chi connectivity index (χ0n) is 19.1. The Hall–Kier alpha value is -2.22. The molecule has 0 saturated carbocycles. The van der Waals surface area contributed by atoms with Gasteiger partial charge in [-0.3, -0.25) is 0 Å². The number of thioether (sulfide) groups is 1. The fourth-order valence-corrected chi connectivity index (χ4v) is 3.73. The van der Waals surface area contributed by atoms with Crippen LogP contribution in [0.1, 0.15) is 58.9 Å². The van der Waals surface area contributed by atoms with Gasteiger partial charge in [0.1, 0.15) is 11.9 Å². The molecule has 1 atom stereocenters. The normalized spacial score (nSPS) is 13.6. The summed E-state index contributed by atoms with van der Waals surface area (Å²) in [4.78, 5) is 15.1. The van der Waals surface area contributed by atoms with Gasteiger partial charge in [-0.1, -0.05) is 34.9 Å².